The molecule has 1 aromatic rings. The summed E-state index contributed by atoms with van der Waals surface area (Å²) in [6.45, 7) is 0.463. The molecule has 2 N–H and O–H groups in total. The lowest BCUT2D eigenvalue weighted by atomic mass is 10.2. The van der Waals surface area contributed by atoms with Gasteiger partial charge in [-0.2, -0.15) is 0 Å². The maximum absolute atomic E-state index is 13.5. The molecule has 0 aliphatic rings. The largest absolute Gasteiger partial charge is 0.469 e. The minimum atomic E-state index is -0.502. The smallest absolute Gasteiger partial charge is 0.319 e. The minimum Gasteiger partial charge on any atom is -0.469 e. The molecule has 0 aliphatic heterocycles. The number of anilines is 1. The van der Waals surface area contributed by atoms with Gasteiger partial charge >= 0.3 is 12.0 Å². The summed E-state index contributed by atoms with van der Waals surface area (Å²) in [6.07, 6.45) is 2.65. The monoisotopic (exact) mass is 360 g/mol. The van der Waals surface area contributed by atoms with Crippen molar-refractivity contribution in [1.82, 2.24) is 5.32 Å². The number of ether oxygens (including phenoxy) is 1. The van der Waals surface area contributed by atoms with E-state index in [1.807, 2.05) is 0 Å². The third-order valence-electron chi connectivity index (χ3n) is 2.75. The standard InChI is InChI=1S/C14H18BrFN2O3/c1-21-13(19)5-3-2-4-8-17-14(20)18-12-7-6-10(15)9-11(12)16/h6-7,9H,2-5,8H2,1H3,(H2,17,18,20). The quantitative estimate of drug-likeness (QED) is 0.578. The van der Waals surface area contributed by atoms with Crippen LogP contribution in [0.3, 0.4) is 0 Å². The summed E-state index contributed by atoms with van der Waals surface area (Å²) in [6, 6.07) is 3.95. The van der Waals surface area contributed by atoms with Crippen molar-refractivity contribution < 1.29 is 18.7 Å². The third kappa shape index (κ3) is 7.08. The zero-order chi connectivity index (χ0) is 15.7. The van der Waals surface area contributed by atoms with Crippen LogP contribution in [0.2, 0.25) is 0 Å². The normalized spacial score (nSPS) is 10.0. The summed E-state index contributed by atoms with van der Waals surface area (Å²) in [4.78, 5) is 22.4. The molecular weight excluding hydrogens is 343 g/mol. The van der Waals surface area contributed by atoms with Crippen molar-refractivity contribution in [3.63, 3.8) is 0 Å². The van der Waals surface area contributed by atoms with Crippen molar-refractivity contribution in [2.24, 2.45) is 0 Å². The number of unbranched alkanes of at least 4 members (excludes halogenated alkanes) is 2. The number of nitrogens with one attached hydrogen (secondary N) is 2. The van der Waals surface area contributed by atoms with E-state index in [9.17, 15) is 14.0 Å². The molecule has 2 amide bonds. The van der Waals surface area contributed by atoms with Crippen LogP contribution in [0, 0.1) is 5.82 Å². The first-order chi connectivity index (χ1) is 10.0. The second-order valence-corrected chi connectivity index (χ2v) is 5.31. The molecular formula is C14H18BrFN2O3. The number of halogens is 2. The number of benzene rings is 1. The van der Waals surface area contributed by atoms with Gasteiger partial charge in [0, 0.05) is 17.4 Å². The molecule has 0 aliphatic carbocycles. The summed E-state index contributed by atoms with van der Waals surface area (Å²) < 4.78 is 18.6. The first-order valence-corrected chi connectivity index (χ1v) is 7.39. The molecule has 0 spiro atoms. The highest BCUT2D eigenvalue weighted by Gasteiger charge is 2.06. The highest BCUT2D eigenvalue weighted by Crippen LogP contribution is 2.19. The number of rotatable bonds is 7. The average molecular weight is 361 g/mol. The van der Waals surface area contributed by atoms with Crippen LogP contribution in [0.15, 0.2) is 22.7 Å². The Labute approximate surface area is 131 Å². The third-order valence-corrected chi connectivity index (χ3v) is 3.24. The minimum absolute atomic E-state index is 0.126. The summed E-state index contributed by atoms with van der Waals surface area (Å²) in [5.74, 6) is -0.732. The van der Waals surface area contributed by atoms with Crippen molar-refractivity contribution in [2.75, 3.05) is 19.0 Å². The number of esters is 1. The number of hydrogen-bond donors (Lipinski definition) is 2. The van der Waals surface area contributed by atoms with Crippen LogP contribution < -0.4 is 10.6 Å². The predicted molar refractivity (Wildman–Crippen MR) is 81.6 cm³/mol. The first kappa shape index (κ1) is 17.4. The zero-order valence-corrected chi connectivity index (χ0v) is 13.3. The topological polar surface area (TPSA) is 67.4 Å². The van der Waals surface area contributed by atoms with Gasteiger partial charge in [0.2, 0.25) is 0 Å². The Morgan fingerprint density at radius 2 is 2.05 bits per heavy atom. The van der Waals surface area contributed by atoms with Crippen LogP contribution >= 0.6 is 15.9 Å². The van der Waals surface area contributed by atoms with Crippen LogP contribution in [-0.2, 0) is 9.53 Å². The Hall–Kier alpha value is -1.63. The SMILES string of the molecule is COC(=O)CCCCCNC(=O)Nc1ccc(Br)cc1F. The van der Waals surface area contributed by atoms with Gasteiger partial charge in [-0.15, -0.1) is 0 Å². The van der Waals surface area contributed by atoms with Crippen molar-refractivity contribution in [3.8, 4) is 0 Å². The number of carbonyl (C=O) groups is 2. The molecule has 0 unspecified atom stereocenters. The Balaban J connectivity index is 2.18. The van der Waals surface area contributed by atoms with E-state index in [2.05, 4.69) is 31.3 Å². The predicted octanol–water partition coefficient (Wildman–Crippen LogP) is 3.44. The number of carbonyl (C=O) groups excluding carboxylic acids is 2. The van der Waals surface area contributed by atoms with Crippen LogP contribution in [0.25, 0.3) is 0 Å². The molecule has 0 saturated heterocycles. The molecule has 0 bridgehead atoms. The van der Waals surface area contributed by atoms with E-state index in [1.54, 1.807) is 6.07 Å². The highest BCUT2D eigenvalue weighted by atomic mass is 79.9. The summed E-state index contributed by atoms with van der Waals surface area (Å²) in [5.41, 5.74) is 0.126. The van der Waals surface area contributed by atoms with E-state index in [0.29, 0.717) is 17.4 Å². The number of methoxy groups -OCH3 is 1. The van der Waals surface area contributed by atoms with Crippen molar-refractivity contribution in [1.29, 1.82) is 0 Å². The van der Waals surface area contributed by atoms with Crippen molar-refractivity contribution >= 4 is 33.6 Å². The molecule has 1 rings (SSSR count). The van der Waals surface area contributed by atoms with Gasteiger partial charge in [0.15, 0.2) is 0 Å². The summed E-state index contributed by atoms with van der Waals surface area (Å²) in [7, 11) is 1.36. The fraction of sp³-hybridized carbons (Fsp3) is 0.429. The van der Waals surface area contributed by atoms with Gasteiger partial charge < -0.3 is 15.4 Å². The van der Waals surface area contributed by atoms with Gasteiger partial charge in [0.1, 0.15) is 5.82 Å². The summed E-state index contributed by atoms with van der Waals surface area (Å²) in [5, 5.41) is 5.07. The van der Waals surface area contributed by atoms with Gasteiger partial charge in [0.05, 0.1) is 12.8 Å². The fourth-order valence-corrected chi connectivity index (χ4v) is 1.97. The second kappa shape index (κ2) is 9.33. The molecule has 0 aromatic heterocycles. The first-order valence-electron chi connectivity index (χ1n) is 6.59. The van der Waals surface area contributed by atoms with Gasteiger partial charge in [-0.1, -0.05) is 22.4 Å². The van der Waals surface area contributed by atoms with Crippen LogP contribution in [0.1, 0.15) is 25.7 Å². The molecule has 0 atom stereocenters. The van der Waals surface area contributed by atoms with Crippen molar-refractivity contribution in [2.45, 2.75) is 25.7 Å². The van der Waals surface area contributed by atoms with E-state index in [0.717, 1.165) is 19.3 Å². The Kier molecular flexibility index (Phi) is 7.74. The molecule has 0 radical (unpaired) electrons. The molecule has 116 valence electrons. The summed E-state index contributed by atoms with van der Waals surface area (Å²) >= 11 is 3.14. The Bertz CT molecular complexity index is 497. The van der Waals surface area contributed by atoms with E-state index in [4.69, 9.17) is 0 Å². The fourth-order valence-electron chi connectivity index (χ4n) is 1.63. The van der Waals surface area contributed by atoms with E-state index in [1.165, 1.54) is 19.2 Å². The molecule has 21 heavy (non-hydrogen) atoms. The zero-order valence-electron chi connectivity index (χ0n) is 11.7. The molecule has 0 fully saturated rings. The highest BCUT2D eigenvalue weighted by molar-refractivity contribution is 9.10. The second-order valence-electron chi connectivity index (χ2n) is 4.39. The van der Waals surface area contributed by atoms with Crippen LogP contribution in [0.5, 0.6) is 0 Å². The van der Waals surface area contributed by atoms with E-state index >= 15 is 0 Å². The van der Waals surface area contributed by atoms with Crippen LogP contribution in [0.4, 0.5) is 14.9 Å². The van der Waals surface area contributed by atoms with Gasteiger partial charge in [0.25, 0.3) is 0 Å². The van der Waals surface area contributed by atoms with E-state index < -0.39 is 11.8 Å². The van der Waals surface area contributed by atoms with Crippen LogP contribution in [-0.4, -0.2) is 25.7 Å². The number of hydrogen-bond acceptors (Lipinski definition) is 3. The van der Waals surface area contributed by atoms with Gasteiger partial charge in [-0.3, -0.25) is 4.79 Å². The molecule has 0 heterocycles. The lowest BCUT2D eigenvalue weighted by molar-refractivity contribution is -0.140. The Morgan fingerprint density at radius 3 is 2.71 bits per heavy atom. The van der Waals surface area contributed by atoms with Gasteiger partial charge in [-0.25, -0.2) is 9.18 Å². The number of amides is 2. The lowest BCUT2D eigenvalue weighted by Gasteiger charge is -2.08. The maximum Gasteiger partial charge on any atom is 0.319 e. The molecule has 5 nitrogen and oxygen atoms in total. The molecule has 0 saturated carbocycles. The molecule has 7 heteroatoms. The lowest BCUT2D eigenvalue weighted by Crippen LogP contribution is -2.29. The average Bonchev–Trinajstić information content (AvgIpc) is 2.45. The van der Waals surface area contributed by atoms with Crippen molar-refractivity contribution in [3.05, 3.63) is 28.5 Å². The van der Waals surface area contributed by atoms with Gasteiger partial charge in [-0.05, 0) is 31.0 Å². The maximum atomic E-state index is 13.5. The molecule has 1 aromatic carbocycles. The Morgan fingerprint density at radius 1 is 1.29 bits per heavy atom. The van der Waals surface area contributed by atoms with E-state index in [-0.39, 0.29) is 11.7 Å². The number of urea groups is 1.